The highest BCUT2D eigenvalue weighted by Crippen LogP contribution is 2.26. The number of hydrogen-bond acceptors (Lipinski definition) is 6. The summed E-state index contributed by atoms with van der Waals surface area (Å²) < 4.78 is 5.83. The number of aromatic nitrogens is 2. The molecule has 0 atom stereocenters. The van der Waals surface area contributed by atoms with Gasteiger partial charge in [0.25, 0.3) is 0 Å². The Morgan fingerprint density at radius 1 is 1.26 bits per heavy atom. The van der Waals surface area contributed by atoms with Gasteiger partial charge in [0, 0.05) is 6.07 Å². The number of methoxy groups -OCH3 is 1. The van der Waals surface area contributed by atoms with Gasteiger partial charge in [-0.15, -0.1) is 0 Å². The Labute approximate surface area is 135 Å². The number of nitrogens with one attached hydrogen (secondary N) is 2. The van der Waals surface area contributed by atoms with Gasteiger partial charge < -0.3 is 4.74 Å². The van der Waals surface area contributed by atoms with E-state index in [2.05, 4.69) is 26.7 Å². The summed E-state index contributed by atoms with van der Waals surface area (Å²) >= 11 is 1.29. The predicted octanol–water partition coefficient (Wildman–Crippen LogP) is 3.22. The van der Waals surface area contributed by atoms with Crippen molar-refractivity contribution in [3.63, 3.8) is 0 Å². The fourth-order valence-corrected chi connectivity index (χ4v) is 2.79. The highest BCUT2D eigenvalue weighted by atomic mass is 32.1. The molecule has 8 heteroatoms. The number of pyridine rings is 1. The number of nitrogens with zero attached hydrogens (tertiary/aromatic N) is 3. The standard InChI is InChI=1S/C15H11N5O2S/c1-22-13-4-2-3-12(18-13)19-14(21)20-15-17-10-6-5-9(8-16)7-11(10)23-15/h2-7H,1H3,(H2,17,18,19,20,21). The summed E-state index contributed by atoms with van der Waals surface area (Å²) in [4.78, 5) is 20.4. The second-order valence-corrected chi connectivity index (χ2v) is 5.49. The van der Waals surface area contributed by atoms with Crippen LogP contribution in [-0.4, -0.2) is 23.1 Å². The summed E-state index contributed by atoms with van der Waals surface area (Å²) in [6.07, 6.45) is 0. The van der Waals surface area contributed by atoms with Crippen molar-refractivity contribution in [3.8, 4) is 11.9 Å². The maximum Gasteiger partial charge on any atom is 0.326 e. The van der Waals surface area contributed by atoms with E-state index in [1.54, 1.807) is 36.4 Å². The van der Waals surface area contributed by atoms with E-state index in [0.29, 0.717) is 22.4 Å². The number of thiazole rings is 1. The number of hydrogen-bond donors (Lipinski definition) is 2. The molecule has 23 heavy (non-hydrogen) atoms. The van der Waals surface area contributed by atoms with Gasteiger partial charge in [0.2, 0.25) is 5.88 Å². The van der Waals surface area contributed by atoms with Crippen molar-refractivity contribution in [2.75, 3.05) is 17.7 Å². The fraction of sp³-hybridized carbons (Fsp3) is 0.0667. The van der Waals surface area contributed by atoms with E-state index < -0.39 is 6.03 Å². The molecule has 0 aliphatic carbocycles. The highest BCUT2D eigenvalue weighted by Gasteiger charge is 2.09. The minimum Gasteiger partial charge on any atom is -0.481 e. The molecule has 0 spiro atoms. The Balaban J connectivity index is 1.73. The molecule has 7 nitrogen and oxygen atoms in total. The van der Waals surface area contributed by atoms with Gasteiger partial charge in [0.1, 0.15) is 5.82 Å². The maximum absolute atomic E-state index is 12.0. The monoisotopic (exact) mass is 325 g/mol. The van der Waals surface area contributed by atoms with Crippen molar-refractivity contribution >= 4 is 38.5 Å². The van der Waals surface area contributed by atoms with Gasteiger partial charge in [0.05, 0.1) is 29.0 Å². The Bertz CT molecular complexity index is 916. The van der Waals surface area contributed by atoms with Crippen LogP contribution in [0.1, 0.15) is 5.56 Å². The molecule has 2 heterocycles. The molecule has 0 unspecified atom stereocenters. The van der Waals surface area contributed by atoms with E-state index in [0.717, 1.165) is 10.2 Å². The first-order valence-electron chi connectivity index (χ1n) is 6.57. The number of rotatable bonds is 3. The molecule has 0 bridgehead atoms. The molecule has 3 rings (SSSR count). The number of amides is 2. The molecule has 3 aromatic rings. The summed E-state index contributed by atoms with van der Waals surface area (Å²) in [6.45, 7) is 0. The van der Waals surface area contributed by atoms with E-state index in [4.69, 9.17) is 10.00 Å². The zero-order valence-electron chi connectivity index (χ0n) is 12.0. The lowest BCUT2D eigenvalue weighted by Crippen LogP contribution is -2.19. The molecule has 2 N–H and O–H groups in total. The lowest BCUT2D eigenvalue weighted by Gasteiger charge is -2.05. The predicted molar refractivity (Wildman–Crippen MR) is 87.8 cm³/mol. The molecule has 0 aliphatic heterocycles. The number of nitriles is 1. The first-order chi connectivity index (χ1) is 11.2. The molecular formula is C15H11N5O2S. The van der Waals surface area contributed by atoms with Gasteiger partial charge in [-0.2, -0.15) is 10.2 Å². The highest BCUT2D eigenvalue weighted by molar-refractivity contribution is 7.22. The van der Waals surface area contributed by atoms with Crippen molar-refractivity contribution in [3.05, 3.63) is 42.0 Å². The smallest absolute Gasteiger partial charge is 0.326 e. The van der Waals surface area contributed by atoms with Crippen LogP contribution in [0.3, 0.4) is 0 Å². The second-order valence-electron chi connectivity index (χ2n) is 4.46. The van der Waals surface area contributed by atoms with Crippen LogP contribution in [0.5, 0.6) is 5.88 Å². The molecule has 1 aromatic carbocycles. The quantitative estimate of drug-likeness (QED) is 0.770. The van der Waals surface area contributed by atoms with Crippen molar-refractivity contribution in [1.29, 1.82) is 5.26 Å². The third kappa shape index (κ3) is 3.36. The molecule has 0 saturated heterocycles. The van der Waals surface area contributed by atoms with Crippen molar-refractivity contribution in [1.82, 2.24) is 9.97 Å². The van der Waals surface area contributed by atoms with Gasteiger partial charge in [0.15, 0.2) is 5.13 Å². The van der Waals surface area contributed by atoms with Gasteiger partial charge in [-0.05, 0) is 24.3 Å². The Kier molecular flexibility index (Phi) is 4.03. The summed E-state index contributed by atoms with van der Waals surface area (Å²) in [5, 5.41) is 14.6. The largest absolute Gasteiger partial charge is 0.481 e. The van der Waals surface area contributed by atoms with E-state index in [1.807, 2.05) is 0 Å². The zero-order valence-corrected chi connectivity index (χ0v) is 12.8. The van der Waals surface area contributed by atoms with Crippen molar-refractivity contribution < 1.29 is 9.53 Å². The molecule has 114 valence electrons. The number of urea groups is 1. The summed E-state index contributed by atoms with van der Waals surface area (Å²) in [6, 6.07) is 11.8. The Morgan fingerprint density at radius 3 is 2.91 bits per heavy atom. The first kappa shape index (κ1) is 14.7. The van der Waals surface area contributed by atoms with Crippen LogP contribution in [0.15, 0.2) is 36.4 Å². The maximum atomic E-state index is 12.0. The molecule has 2 amide bonds. The number of benzene rings is 1. The zero-order chi connectivity index (χ0) is 16.2. The van der Waals surface area contributed by atoms with E-state index in [9.17, 15) is 4.79 Å². The third-order valence-electron chi connectivity index (χ3n) is 2.91. The van der Waals surface area contributed by atoms with Crippen molar-refractivity contribution in [2.45, 2.75) is 0 Å². The van der Waals surface area contributed by atoms with Crippen LogP contribution < -0.4 is 15.4 Å². The van der Waals surface area contributed by atoms with Crippen molar-refractivity contribution in [2.24, 2.45) is 0 Å². The van der Waals surface area contributed by atoms with Gasteiger partial charge in [-0.3, -0.25) is 10.6 Å². The normalized spacial score (nSPS) is 10.1. The minimum absolute atomic E-state index is 0.370. The summed E-state index contributed by atoms with van der Waals surface area (Å²) in [5.41, 5.74) is 1.28. The molecule has 0 radical (unpaired) electrons. The number of anilines is 2. The summed E-state index contributed by atoms with van der Waals surface area (Å²) in [5.74, 6) is 0.779. The van der Waals surface area contributed by atoms with Crippen LogP contribution in [0.25, 0.3) is 10.2 Å². The van der Waals surface area contributed by atoms with Crippen LogP contribution in [0.2, 0.25) is 0 Å². The Hall–Kier alpha value is -3.18. The number of carbonyl (C=O) groups excluding carboxylic acids is 1. The number of carbonyl (C=O) groups is 1. The SMILES string of the molecule is COc1cccc(NC(=O)Nc2nc3ccc(C#N)cc3s2)n1. The topological polar surface area (TPSA) is 99.9 Å². The van der Waals surface area contributed by atoms with E-state index >= 15 is 0 Å². The lowest BCUT2D eigenvalue weighted by atomic mass is 10.2. The first-order valence-corrected chi connectivity index (χ1v) is 7.39. The Morgan fingerprint density at radius 2 is 2.13 bits per heavy atom. The average molecular weight is 325 g/mol. The molecular weight excluding hydrogens is 314 g/mol. The molecule has 0 fully saturated rings. The third-order valence-corrected chi connectivity index (χ3v) is 3.85. The van der Waals surface area contributed by atoms with Gasteiger partial charge in [-0.25, -0.2) is 9.78 Å². The van der Waals surface area contributed by atoms with Crippen LogP contribution in [0, 0.1) is 11.3 Å². The van der Waals surface area contributed by atoms with Gasteiger partial charge >= 0.3 is 6.03 Å². The second kappa shape index (κ2) is 6.29. The summed E-state index contributed by atoms with van der Waals surface area (Å²) in [7, 11) is 1.50. The van der Waals surface area contributed by atoms with Crippen LogP contribution >= 0.6 is 11.3 Å². The molecule has 0 aliphatic rings. The number of fused-ring (bicyclic) bond motifs is 1. The minimum atomic E-state index is -0.453. The molecule has 0 saturated carbocycles. The molecule has 2 aromatic heterocycles. The average Bonchev–Trinajstić information content (AvgIpc) is 2.95. The van der Waals surface area contributed by atoms with E-state index in [1.165, 1.54) is 18.4 Å². The lowest BCUT2D eigenvalue weighted by molar-refractivity contribution is 0.262. The van der Waals surface area contributed by atoms with Crippen LogP contribution in [-0.2, 0) is 0 Å². The van der Waals surface area contributed by atoms with Gasteiger partial charge in [-0.1, -0.05) is 17.4 Å². The van der Waals surface area contributed by atoms with E-state index in [-0.39, 0.29) is 0 Å². The fourth-order valence-electron chi connectivity index (χ4n) is 1.89. The van der Waals surface area contributed by atoms with Crippen LogP contribution in [0.4, 0.5) is 15.7 Å². The number of ether oxygens (including phenoxy) is 1.